The van der Waals surface area contributed by atoms with Crippen molar-refractivity contribution < 1.29 is 0 Å². The maximum absolute atomic E-state index is 4.00. The van der Waals surface area contributed by atoms with Gasteiger partial charge in [-0.25, -0.2) is 0 Å². The van der Waals surface area contributed by atoms with E-state index in [0.29, 0.717) is 0 Å². The molecule has 0 heteroatoms. The fourth-order valence-corrected chi connectivity index (χ4v) is 6.05. The third-order valence-electron chi connectivity index (χ3n) is 7.91. The van der Waals surface area contributed by atoms with E-state index in [9.17, 15) is 0 Å². The number of allylic oxidation sites excluding steroid dienone is 3. The van der Waals surface area contributed by atoms with Crippen LogP contribution in [0.2, 0.25) is 0 Å². The summed E-state index contributed by atoms with van der Waals surface area (Å²) < 4.78 is 0. The first-order valence-corrected chi connectivity index (χ1v) is 11.6. The van der Waals surface area contributed by atoms with Gasteiger partial charge in [-0.2, -0.15) is 0 Å². The van der Waals surface area contributed by atoms with Gasteiger partial charge >= 0.3 is 0 Å². The third kappa shape index (κ3) is 5.48. The summed E-state index contributed by atoms with van der Waals surface area (Å²) in [7, 11) is 0. The summed E-state index contributed by atoms with van der Waals surface area (Å²) in [4.78, 5) is 0. The van der Waals surface area contributed by atoms with Crippen molar-refractivity contribution in [1.29, 1.82) is 0 Å². The molecule has 142 valence electrons. The quantitative estimate of drug-likeness (QED) is 0.325. The number of unbranched alkanes of at least 4 members (excludes halogenated alkanes) is 2. The summed E-state index contributed by atoms with van der Waals surface area (Å²) in [6.45, 7) is 6.32. The first-order valence-electron chi connectivity index (χ1n) is 11.6. The van der Waals surface area contributed by atoms with Crippen LogP contribution in [0.4, 0.5) is 0 Å². The monoisotopic (exact) mass is 342 g/mol. The highest BCUT2D eigenvalue weighted by atomic mass is 14.4. The normalized spacial score (nSPS) is 39.2. The lowest BCUT2D eigenvalue weighted by molar-refractivity contribution is 0.184. The average Bonchev–Trinajstić information content (AvgIpc) is 2.69. The highest BCUT2D eigenvalue weighted by Gasteiger charge is 2.31. The van der Waals surface area contributed by atoms with Gasteiger partial charge in [0, 0.05) is 0 Å². The molecule has 2 atom stereocenters. The fraction of sp³-hybridized carbons (Fsp3) is 0.840. The predicted molar refractivity (Wildman–Crippen MR) is 111 cm³/mol. The molecule has 2 fully saturated rings. The van der Waals surface area contributed by atoms with Crippen LogP contribution in [-0.2, 0) is 0 Å². The Bertz CT molecular complexity index is 404. The molecule has 0 heterocycles. The molecule has 25 heavy (non-hydrogen) atoms. The van der Waals surface area contributed by atoms with E-state index in [1.165, 1.54) is 89.9 Å². The van der Waals surface area contributed by atoms with Crippen molar-refractivity contribution in [2.75, 3.05) is 0 Å². The van der Waals surface area contributed by atoms with Crippen LogP contribution in [0.15, 0.2) is 24.8 Å². The summed E-state index contributed by atoms with van der Waals surface area (Å²) in [6.07, 6.45) is 28.0. The molecule has 0 spiro atoms. The lowest BCUT2D eigenvalue weighted by atomic mass is 9.68. The minimum absolute atomic E-state index is 0.809. The molecule has 3 rings (SSSR count). The zero-order chi connectivity index (χ0) is 17.5. The topological polar surface area (TPSA) is 0 Å². The highest BCUT2D eigenvalue weighted by molar-refractivity contribution is 5.03. The molecule has 3 aliphatic rings. The van der Waals surface area contributed by atoms with Gasteiger partial charge in [-0.15, -0.1) is 6.58 Å². The summed E-state index contributed by atoms with van der Waals surface area (Å²) >= 11 is 0. The first-order chi connectivity index (χ1) is 12.3. The molecule has 2 saturated carbocycles. The van der Waals surface area contributed by atoms with Crippen LogP contribution in [0.3, 0.4) is 0 Å². The largest absolute Gasteiger partial charge is 0.103 e. The Hall–Kier alpha value is -0.520. The van der Waals surface area contributed by atoms with E-state index in [2.05, 4.69) is 31.7 Å². The minimum Gasteiger partial charge on any atom is -0.103 e. The number of hydrogen-bond donors (Lipinski definition) is 0. The lowest BCUT2D eigenvalue weighted by Gasteiger charge is -2.38. The molecule has 2 unspecified atom stereocenters. The van der Waals surface area contributed by atoms with E-state index in [1.807, 2.05) is 0 Å². The number of hydrogen-bond acceptors (Lipinski definition) is 0. The molecule has 0 aromatic carbocycles. The van der Waals surface area contributed by atoms with Gasteiger partial charge in [-0.3, -0.25) is 0 Å². The zero-order valence-electron chi connectivity index (χ0n) is 16.8. The molecule has 0 nitrogen and oxygen atoms in total. The zero-order valence-corrected chi connectivity index (χ0v) is 16.8. The minimum atomic E-state index is 0.809. The summed E-state index contributed by atoms with van der Waals surface area (Å²) in [5.41, 5.74) is 0. The van der Waals surface area contributed by atoms with Gasteiger partial charge in [0.2, 0.25) is 0 Å². The van der Waals surface area contributed by atoms with Crippen LogP contribution >= 0.6 is 0 Å². The van der Waals surface area contributed by atoms with E-state index in [-0.39, 0.29) is 0 Å². The second kappa shape index (κ2) is 9.98. The second-order valence-corrected chi connectivity index (χ2v) is 9.48. The molecule has 3 aliphatic carbocycles. The second-order valence-electron chi connectivity index (χ2n) is 9.48. The Morgan fingerprint density at radius 3 is 1.80 bits per heavy atom. The first kappa shape index (κ1) is 19.2. The van der Waals surface area contributed by atoms with Crippen LogP contribution in [0.5, 0.6) is 0 Å². The van der Waals surface area contributed by atoms with Crippen molar-refractivity contribution >= 4 is 0 Å². The molecule has 0 aromatic heterocycles. The molecular weight excluding hydrogens is 300 g/mol. The summed E-state index contributed by atoms with van der Waals surface area (Å²) in [6, 6.07) is 0. The van der Waals surface area contributed by atoms with Crippen molar-refractivity contribution in [3.8, 4) is 0 Å². The molecule has 0 amide bonds. The molecular formula is C25H42. The van der Waals surface area contributed by atoms with Gasteiger partial charge in [0.25, 0.3) is 0 Å². The lowest BCUT2D eigenvalue weighted by Crippen LogP contribution is -2.26. The van der Waals surface area contributed by atoms with Gasteiger partial charge in [0.15, 0.2) is 0 Å². The summed E-state index contributed by atoms with van der Waals surface area (Å²) in [5.74, 6) is 5.66. The Labute approximate surface area is 157 Å². The predicted octanol–water partition coefficient (Wildman–Crippen LogP) is 7.95. The van der Waals surface area contributed by atoms with Crippen LogP contribution < -0.4 is 0 Å². The highest BCUT2D eigenvalue weighted by Crippen LogP contribution is 2.43. The fourth-order valence-electron chi connectivity index (χ4n) is 6.05. The van der Waals surface area contributed by atoms with Crippen LogP contribution in [0.25, 0.3) is 0 Å². The maximum Gasteiger partial charge on any atom is -0.0205 e. The Morgan fingerprint density at radius 1 is 0.760 bits per heavy atom. The van der Waals surface area contributed by atoms with Gasteiger partial charge in [-0.1, -0.05) is 63.7 Å². The van der Waals surface area contributed by atoms with Gasteiger partial charge in [-0.05, 0) is 86.9 Å². The van der Waals surface area contributed by atoms with E-state index in [0.717, 1.165) is 35.5 Å². The molecule has 0 aliphatic heterocycles. The maximum atomic E-state index is 4.00. The third-order valence-corrected chi connectivity index (χ3v) is 7.91. The standard InChI is InChI=1S/C25H42/c1-3-5-6-7-21-10-14-23(15-11-21)25-18-16-24(17-19-25)22-12-8-20(4-2)9-13-22/h4,16,18,20-25H,2-3,5-15,17,19H2,1H3. The molecule has 0 radical (unpaired) electrons. The van der Waals surface area contributed by atoms with Crippen LogP contribution in [-0.4, -0.2) is 0 Å². The smallest absolute Gasteiger partial charge is 0.0205 e. The molecule has 0 bridgehead atoms. The van der Waals surface area contributed by atoms with E-state index in [1.54, 1.807) is 0 Å². The van der Waals surface area contributed by atoms with E-state index in [4.69, 9.17) is 0 Å². The molecule has 0 aromatic rings. The van der Waals surface area contributed by atoms with Crippen LogP contribution in [0, 0.1) is 35.5 Å². The van der Waals surface area contributed by atoms with E-state index >= 15 is 0 Å². The Kier molecular flexibility index (Phi) is 7.68. The Morgan fingerprint density at radius 2 is 1.32 bits per heavy atom. The van der Waals surface area contributed by atoms with Crippen LogP contribution in [0.1, 0.15) is 96.8 Å². The SMILES string of the molecule is C=CC1CCC(C2C=CC(C3CCC(CCCCC)CC3)CC2)CC1. The summed E-state index contributed by atoms with van der Waals surface area (Å²) in [5, 5.41) is 0. The van der Waals surface area contributed by atoms with Crippen molar-refractivity contribution in [3.63, 3.8) is 0 Å². The molecule has 0 N–H and O–H groups in total. The van der Waals surface area contributed by atoms with Crippen molar-refractivity contribution in [2.45, 2.75) is 96.8 Å². The van der Waals surface area contributed by atoms with Crippen molar-refractivity contribution in [2.24, 2.45) is 35.5 Å². The van der Waals surface area contributed by atoms with Gasteiger partial charge < -0.3 is 0 Å². The van der Waals surface area contributed by atoms with E-state index < -0.39 is 0 Å². The van der Waals surface area contributed by atoms with Gasteiger partial charge in [0.1, 0.15) is 0 Å². The van der Waals surface area contributed by atoms with Crippen molar-refractivity contribution in [1.82, 2.24) is 0 Å². The average molecular weight is 343 g/mol. The van der Waals surface area contributed by atoms with Crippen molar-refractivity contribution in [3.05, 3.63) is 24.8 Å². The van der Waals surface area contributed by atoms with Gasteiger partial charge in [0.05, 0.1) is 0 Å². The Balaban J connectivity index is 1.39. The number of rotatable bonds is 7. The molecule has 0 saturated heterocycles.